The van der Waals surface area contributed by atoms with E-state index in [2.05, 4.69) is 12.2 Å². The third kappa shape index (κ3) is 264. The monoisotopic (exact) mass is 99.0 g/mol. The zero-order valence-electron chi connectivity index (χ0n) is 3.93. The number of nitrogens with two attached hydrogens (primary N) is 1. The summed E-state index contributed by atoms with van der Waals surface area (Å²) in [5.74, 6) is 0. The van der Waals surface area contributed by atoms with E-state index in [1.54, 1.807) is 6.92 Å². The quantitative estimate of drug-likeness (QED) is 0.262. The summed E-state index contributed by atoms with van der Waals surface area (Å²) >= 11 is 4.31. The normalized spacial score (nSPS) is 4.17. The third-order valence-electron chi connectivity index (χ3n) is 0. The van der Waals surface area contributed by atoms with Gasteiger partial charge in [0.05, 0.1) is 4.99 Å². The van der Waals surface area contributed by atoms with Gasteiger partial charge in [0.15, 0.2) is 0 Å². The Labute approximate surface area is 54.6 Å². The average Bonchev–Trinajstić information content (AvgIpc) is 0.811. The van der Waals surface area contributed by atoms with E-state index in [-0.39, 0.29) is 24.3 Å². The molecule has 0 rings (SSSR count). The van der Waals surface area contributed by atoms with E-state index < -0.39 is 0 Å². The molecule has 0 atom stereocenters. The molecule has 0 aliphatic rings. The van der Waals surface area contributed by atoms with Crippen LogP contribution in [0.25, 0.3) is 0 Å². The smallest absolute Gasteiger partial charge is 0.870 e. The van der Waals surface area contributed by atoms with Crippen LogP contribution in [0.4, 0.5) is 0 Å². The minimum absolute atomic E-state index is 0. The second-order valence-corrected chi connectivity index (χ2v) is 1.25. The first-order valence-corrected chi connectivity index (χ1v) is 1.40. The van der Waals surface area contributed by atoms with Crippen LogP contribution in [0.2, 0.25) is 0 Å². The van der Waals surface area contributed by atoms with Crippen LogP contribution in [0.5, 0.6) is 0 Å². The SMILES string of the molecule is CC(N)=S.[Li+].[OH-]. The second kappa shape index (κ2) is 9.07. The molecule has 0 aliphatic heterocycles. The molecule has 0 saturated heterocycles. The zero-order valence-corrected chi connectivity index (χ0v) is 4.75. The van der Waals surface area contributed by atoms with Gasteiger partial charge in [-0.2, -0.15) is 0 Å². The first-order chi connectivity index (χ1) is 1.73. The van der Waals surface area contributed by atoms with Crippen molar-refractivity contribution in [1.29, 1.82) is 0 Å². The number of rotatable bonds is 0. The molecule has 0 aromatic rings. The molecule has 0 aromatic carbocycles. The van der Waals surface area contributed by atoms with Crippen molar-refractivity contribution in [3.05, 3.63) is 0 Å². The van der Waals surface area contributed by atoms with Gasteiger partial charge in [-0.25, -0.2) is 0 Å². The predicted molar refractivity (Wildman–Crippen MR) is 24.4 cm³/mol. The van der Waals surface area contributed by atoms with Crippen molar-refractivity contribution in [2.75, 3.05) is 0 Å². The summed E-state index contributed by atoms with van der Waals surface area (Å²) in [5, 5.41) is 0. The van der Waals surface area contributed by atoms with Gasteiger partial charge < -0.3 is 11.2 Å². The Hall–Kier alpha value is 0.447. The summed E-state index contributed by atoms with van der Waals surface area (Å²) in [6.45, 7) is 1.68. The van der Waals surface area contributed by atoms with E-state index in [1.165, 1.54) is 0 Å². The van der Waals surface area contributed by atoms with Gasteiger partial charge in [-0.05, 0) is 6.92 Å². The minimum Gasteiger partial charge on any atom is -0.870 e. The fourth-order valence-corrected chi connectivity index (χ4v) is 0. The molecule has 0 heterocycles. The molecule has 0 spiro atoms. The maximum absolute atomic E-state index is 4.84. The van der Waals surface area contributed by atoms with Gasteiger partial charge in [0.2, 0.25) is 0 Å². The Kier molecular flexibility index (Phi) is 24.3. The summed E-state index contributed by atoms with van der Waals surface area (Å²) in [4.78, 5) is 0.500. The Balaban J connectivity index is -0.0000000450. The van der Waals surface area contributed by atoms with Gasteiger partial charge in [0, 0.05) is 0 Å². The van der Waals surface area contributed by atoms with Crippen molar-refractivity contribution < 1.29 is 24.3 Å². The molecule has 0 radical (unpaired) electrons. The van der Waals surface area contributed by atoms with E-state index >= 15 is 0 Å². The summed E-state index contributed by atoms with van der Waals surface area (Å²) in [6.07, 6.45) is 0. The van der Waals surface area contributed by atoms with E-state index in [1.807, 2.05) is 0 Å². The average molecular weight is 99.1 g/mol. The first-order valence-electron chi connectivity index (χ1n) is 0.993. The fourth-order valence-electron chi connectivity index (χ4n) is 0. The topological polar surface area (TPSA) is 56.0 Å². The molecule has 0 aliphatic carbocycles. The van der Waals surface area contributed by atoms with Crippen LogP contribution in [0.15, 0.2) is 0 Å². The largest absolute Gasteiger partial charge is 1.00 e. The van der Waals surface area contributed by atoms with E-state index in [4.69, 9.17) is 5.73 Å². The summed E-state index contributed by atoms with van der Waals surface area (Å²) < 4.78 is 0. The summed E-state index contributed by atoms with van der Waals surface area (Å²) in [6, 6.07) is 0. The molecule has 0 unspecified atom stereocenters. The molecular formula is C2H6LiNOS. The Morgan fingerprint density at radius 3 is 1.67 bits per heavy atom. The summed E-state index contributed by atoms with van der Waals surface area (Å²) in [5.41, 5.74) is 4.84. The van der Waals surface area contributed by atoms with E-state index in [0.29, 0.717) is 4.99 Å². The van der Waals surface area contributed by atoms with Gasteiger partial charge in [0.1, 0.15) is 0 Å². The van der Waals surface area contributed by atoms with Crippen LogP contribution in [0.3, 0.4) is 0 Å². The Morgan fingerprint density at radius 2 is 1.67 bits per heavy atom. The maximum atomic E-state index is 4.84. The molecule has 0 aromatic heterocycles. The number of thiocarbonyl (C=S) groups is 1. The molecule has 2 nitrogen and oxygen atoms in total. The van der Waals surface area contributed by atoms with Crippen LogP contribution in [-0.2, 0) is 0 Å². The molecule has 0 saturated carbocycles. The molecule has 0 amide bonds. The van der Waals surface area contributed by atoms with Gasteiger partial charge >= 0.3 is 18.9 Å². The van der Waals surface area contributed by atoms with Crippen molar-refractivity contribution in [2.24, 2.45) is 5.73 Å². The predicted octanol–water partition coefficient (Wildman–Crippen LogP) is -2.88. The molecule has 4 heteroatoms. The van der Waals surface area contributed by atoms with Crippen molar-refractivity contribution in [1.82, 2.24) is 0 Å². The van der Waals surface area contributed by atoms with Crippen LogP contribution in [-0.4, -0.2) is 10.5 Å². The third-order valence-corrected chi connectivity index (χ3v) is 0. The summed E-state index contributed by atoms with van der Waals surface area (Å²) in [7, 11) is 0. The zero-order chi connectivity index (χ0) is 3.58. The van der Waals surface area contributed by atoms with Crippen LogP contribution in [0.1, 0.15) is 6.92 Å². The minimum atomic E-state index is 0. The Bertz CT molecular complexity index is 36.5. The number of hydrogen-bond donors (Lipinski definition) is 1. The van der Waals surface area contributed by atoms with Crippen molar-refractivity contribution in [3.8, 4) is 0 Å². The van der Waals surface area contributed by atoms with Crippen LogP contribution >= 0.6 is 12.2 Å². The van der Waals surface area contributed by atoms with E-state index in [0.717, 1.165) is 0 Å². The molecule has 6 heavy (non-hydrogen) atoms. The van der Waals surface area contributed by atoms with Gasteiger partial charge in [0.25, 0.3) is 0 Å². The fraction of sp³-hybridized carbons (Fsp3) is 0.500. The molecular weight excluding hydrogens is 93.0 g/mol. The van der Waals surface area contributed by atoms with Gasteiger partial charge in [-0.3, -0.25) is 0 Å². The van der Waals surface area contributed by atoms with Gasteiger partial charge in [-0.15, -0.1) is 0 Å². The van der Waals surface area contributed by atoms with Crippen molar-refractivity contribution >= 4 is 17.2 Å². The van der Waals surface area contributed by atoms with Crippen molar-refractivity contribution in [3.63, 3.8) is 0 Å². The molecule has 0 bridgehead atoms. The van der Waals surface area contributed by atoms with Crippen LogP contribution in [0, 0.1) is 0 Å². The number of hydrogen-bond acceptors (Lipinski definition) is 2. The first kappa shape index (κ1) is 16.1. The van der Waals surface area contributed by atoms with E-state index in [9.17, 15) is 0 Å². The van der Waals surface area contributed by atoms with Gasteiger partial charge in [-0.1, -0.05) is 12.2 Å². The van der Waals surface area contributed by atoms with Crippen molar-refractivity contribution in [2.45, 2.75) is 6.92 Å². The molecule has 3 N–H and O–H groups in total. The maximum Gasteiger partial charge on any atom is 1.00 e. The second-order valence-electron chi connectivity index (χ2n) is 0.611. The standard InChI is InChI=1S/C2H5NS.Li.H2O/c1-2(3)4;;/h1H3,(H2,3,4);;1H2/q;+1;/p-1. The molecule has 32 valence electrons. The molecule has 0 fully saturated rings. The Morgan fingerprint density at radius 1 is 1.67 bits per heavy atom. The van der Waals surface area contributed by atoms with Crippen LogP contribution < -0.4 is 24.6 Å².